The van der Waals surface area contributed by atoms with Crippen LogP contribution in [0.2, 0.25) is 0 Å². The molecule has 224 valence electrons. The van der Waals surface area contributed by atoms with Crippen LogP contribution in [0.5, 0.6) is 0 Å². The number of nitrogens with zero attached hydrogens (tertiary/aromatic N) is 1. The topological polar surface area (TPSA) is 269 Å². The van der Waals surface area contributed by atoms with Crippen LogP contribution in [0.25, 0.3) is 0 Å². The molecule has 0 aliphatic carbocycles. The van der Waals surface area contributed by atoms with Crippen molar-refractivity contribution in [2.24, 2.45) is 0 Å². The van der Waals surface area contributed by atoms with Gasteiger partial charge in [-0.25, -0.2) is 4.90 Å². The minimum absolute atomic E-state index is 0.658. The lowest BCUT2D eigenvalue weighted by Crippen LogP contribution is -2.67. The molecule has 0 unspecified atom stereocenters. The Bertz CT molecular complexity index is 852. The van der Waals surface area contributed by atoms with Crippen molar-refractivity contribution in [3.63, 3.8) is 0 Å². The maximum atomic E-state index is 11.8. The van der Waals surface area contributed by atoms with Gasteiger partial charge in [0, 0.05) is 13.0 Å². The SMILES string of the molecule is C#CN(C(C)=O)[C@H]1O[C@H](CO)[C@@H](O[C@H]2O[C@H](CO)[C@@H](O[C@H]3O[C@H](CO)[C@@H](O)[C@H](O)[C@H]3O)[C@H](O)[C@H]2O)[C@H](O)[C@H]1O. The number of ether oxygens (including phenoxy) is 5. The van der Waals surface area contributed by atoms with Crippen molar-refractivity contribution in [3.8, 4) is 12.5 Å². The van der Waals surface area contributed by atoms with Crippen LogP contribution < -0.4 is 0 Å². The lowest BCUT2D eigenvalue weighted by Gasteiger charge is -2.48. The molecule has 0 bridgehead atoms. The molecule has 0 saturated carbocycles. The fraction of sp³-hybridized carbons (Fsp3) is 0.864. The highest BCUT2D eigenvalue weighted by Gasteiger charge is 2.54. The highest BCUT2D eigenvalue weighted by Crippen LogP contribution is 2.32. The number of carbonyl (C=O) groups is 1. The van der Waals surface area contributed by atoms with Crippen LogP contribution in [0.4, 0.5) is 0 Å². The van der Waals surface area contributed by atoms with Gasteiger partial charge in [0.2, 0.25) is 5.91 Å². The standard InChI is InChI=1S/C22H35NO16/c1-3-23(7(2)27)20-15(32)13(30)18(9(5-25)35-20)38-22-17(34)14(31)19(10(6-26)37-22)39-21-16(33)12(29)11(28)8(4-24)36-21/h1,8-22,24-26,28-34H,4-6H2,2H3/t8-,9-,10-,11-,12+,13-,14-,15-,16-,17-,18-,19-,20+,21-,22-/m1/s1. The summed E-state index contributed by atoms with van der Waals surface area (Å²) in [5, 5.41) is 102. The van der Waals surface area contributed by atoms with Crippen LogP contribution in [0, 0.1) is 12.5 Å². The molecule has 3 rings (SSSR count). The zero-order valence-electron chi connectivity index (χ0n) is 20.7. The molecule has 17 heteroatoms. The average Bonchev–Trinajstić information content (AvgIpc) is 2.91. The van der Waals surface area contributed by atoms with Crippen molar-refractivity contribution in [2.75, 3.05) is 19.8 Å². The molecule has 0 spiro atoms. The molecule has 10 N–H and O–H groups in total. The molecule has 3 heterocycles. The molecule has 0 aromatic rings. The lowest BCUT2D eigenvalue weighted by molar-refractivity contribution is -0.374. The van der Waals surface area contributed by atoms with Gasteiger partial charge in [0.05, 0.1) is 19.8 Å². The average molecular weight is 570 g/mol. The van der Waals surface area contributed by atoms with Gasteiger partial charge in [-0.3, -0.25) is 4.79 Å². The fourth-order valence-corrected chi connectivity index (χ4v) is 4.61. The summed E-state index contributed by atoms with van der Waals surface area (Å²) in [5.74, 6) is -0.699. The smallest absolute Gasteiger partial charge is 0.233 e. The predicted octanol–water partition coefficient (Wildman–Crippen LogP) is -7.13. The molecule has 3 fully saturated rings. The van der Waals surface area contributed by atoms with E-state index in [4.69, 9.17) is 30.1 Å². The van der Waals surface area contributed by atoms with Crippen LogP contribution in [-0.2, 0) is 28.5 Å². The van der Waals surface area contributed by atoms with E-state index < -0.39 is 118 Å². The molecule has 3 aliphatic heterocycles. The van der Waals surface area contributed by atoms with Crippen molar-refractivity contribution >= 4 is 5.91 Å². The molecule has 39 heavy (non-hydrogen) atoms. The van der Waals surface area contributed by atoms with Crippen LogP contribution >= 0.6 is 0 Å². The molecule has 0 aromatic heterocycles. The van der Waals surface area contributed by atoms with Crippen molar-refractivity contribution < 1.29 is 79.5 Å². The number of carbonyl (C=O) groups excluding carboxylic acids is 1. The minimum atomic E-state index is -1.96. The number of terminal acetylenes is 1. The second kappa shape index (κ2) is 13.4. The van der Waals surface area contributed by atoms with E-state index in [1.165, 1.54) is 0 Å². The Morgan fingerprint density at radius 1 is 0.692 bits per heavy atom. The normalized spacial score (nSPS) is 46.9. The summed E-state index contributed by atoms with van der Waals surface area (Å²) in [6.45, 7) is -1.32. The van der Waals surface area contributed by atoms with E-state index in [1.54, 1.807) is 0 Å². The fourth-order valence-electron chi connectivity index (χ4n) is 4.61. The first-order chi connectivity index (χ1) is 18.4. The van der Waals surface area contributed by atoms with Gasteiger partial charge in [-0.1, -0.05) is 6.42 Å². The Balaban J connectivity index is 1.74. The van der Waals surface area contributed by atoms with Gasteiger partial charge in [0.25, 0.3) is 0 Å². The molecule has 0 radical (unpaired) electrons. The quantitative estimate of drug-likeness (QED) is 0.0960. The van der Waals surface area contributed by atoms with Gasteiger partial charge >= 0.3 is 0 Å². The Labute approximate surface area is 222 Å². The number of amides is 1. The highest BCUT2D eigenvalue weighted by atomic mass is 16.7. The summed E-state index contributed by atoms with van der Waals surface area (Å²) >= 11 is 0. The summed E-state index contributed by atoms with van der Waals surface area (Å²) in [6, 6.07) is 2.00. The van der Waals surface area contributed by atoms with Crippen molar-refractivity contribution in [2.45, 2.75) is 99.0 Å². The van der Waals surface area contributed by atoms with E-state index in [-0.39, 0.29) is 0 Å². The third-order valence-electron chi connectivity index (χ3n) is 6.82. The third-order valence-corrected chi connectivity index (χ3v) is 6.82. The van der Waals surface area contributed by atoms with Gasteiger partial charge in [-0.05, 0) is 0 Å². The first-order valence-electron chi connectivity index (χ1n) is 12.0. The molecule has 3 aliphatic rings. The van der Waals surface area contributed by atoms with Crippen molar-refractivity contribution in [1.82, 2.24) is 4.90 Å². The molecule has 0 aromatic carbocycles. The molecular weight excluding hydrogens is 534 g/mol. The van der Waals surface area contributed by atoms with Crippen LogP contribution in [-0.4, -0.2) is 174 Å². The first kappa shape index (κ1) is 32.0. The van der Waals surface area contributed by atoms with Gasteiger partial charge in [-0.2, -0.15) is 0 Å². The minimum Gasteiger partial charge on any atom is -0.394 e. The lowest BCUT2D eigenvalue weighted by atomic mass is 9.95. The maximum Gasteiger partial charge on any atom is 0.233 e. The van der Waals surface area contributed by atoms with E-state index in [0.29, 0.717) is 4.90 Å². The number of aliphatic hydroxyl groups is 10. The molecular formula is C22H35NO16. The predicted molar refractivity (Wildman–Crippen MR) is 120 cm³/mol. The first-order valence-corrected chi connectivity index (χ1v) is 12.0. The third kappa shape index (κ3) is 6.36. The zero-order valence-corrected chi connectivity index (χ0v) is 20.7. The van der Waals surface area contributed by atoms with Gasteiger partial charge < -0.3 is 74.7 Å². The van der Waals surface area contributed by atoms with Crippen molar-refractivity contribution in [3.05, 3.63) is 0 Å². The molecule has 17 nitrogen and oxygen atoms in total. The number of hydrogen-bond acceptors (Lipinski definition) is 16. The van der Waals surface area contributed by atoms with E-state index in [0.717, 1.165) is 6.92 Å². The monoisotopic (exact) mass is 569 g/mol. The van der Waals surface area contributed by atoms with Gasteiger partial charge in [-0.15, -0.1) is 0 Å². The van der Waals surface area contributed by atoms with Crippen LogP contribution in [0.3, 0.4) is 0 Å². The van der Waals surface area contributed by atoms with E-state index in [1.807, 2.05) is 6.04 Å². The van der Waals surface area contributed by atoms with Gasteiger partial charge in [0.1, 0.15) is 73.2 Å². The van der Waals surface area contributed by atoms with E-state index in [9.17, 15) is 55.9 Å². The summed E-state index contributed by atoms with van der Waals surface area (Å²) in [6.07, 6.45) is -20.1. The second-order valence-corrected chi connectivity index (χ2v) is 9.35. The maximum absolute atomic E-state index is 11.8. The summed E-state index contributed by atoms with van der Waals surface area (Å²) in [4.78, 5) is 12.4. The number of aliphatic hydroxyl groups excluding tert-OH is 10. The zero-order chi connectivity index (χ0) is 29.2. The Morgan fingerprint density at radius 3 is 1.59 bits per heavy atom. The summed E-state index contributed by atoms with van der Waals surface area (Å²) in [7, 11) is 0. The summed E-state index contributed by atoms with van der Waals surface area (Å²) in [5.41, 5.74) is 0. The van der Waals surface area contributed by atoms with Crippen molar-refractivity contribution in [1.29, 1.82) is 0 Å². The second-order valence-electron chi connectivity index (χ2n) is 9.35. The van der Waals surface area contributed by atoms with E-state index in [2.05, 4.69) is 0 Å². The Kier molecular flexibility index (Phi) is 11.0. The van der Waals surface area contributed by atoms with Gasteiger partial charge in [0.15, 0.2) is 18.8 Å². The largest absolute Gasteiger partial charge is 0.394 e. The Hall–Kier alpha value is -1.57. The Morgan fingerprint density at radius 2 is 1.13 bits per heavy atom. The summed E-state index contributed by atoms with van der Waals surface area (Å²) < 4.78 is 27.2. The highest BCUT2D eigenvalue weighted by molar-refractivity contribution is 5.75. The van der Waals surface area contributed by atoms with Crippen LogP contribution in [0.1, 0.15) is 6.92 Å². The molecule has 15 atom stereocenters. The number of hydrogen-bond donors (Lipinski definition) is 10. The molecule has 1 amide bonds. The van der Waals surface area contributed by atoms with E-state index >= 15 is 0 Å². The van der Waals surface area contributed by atoms with Crippen LogP contribution in [0.15, 0.2) is 0 Å². The number of rotatable bonds is 8. The molecule has 3 saturated heterocycles.